The molecule has 2 aromatic heterocycles. The van der Waals surface area contributed by atoms with Crippen LogP contribution in [0.2, 0.25) is 0 Å². The Labute approximate surface area is 148 Å². The zero-order chi connectivity index (χ0) is 17.2. The van der Waals surface area contributed by atoms with Gasteiger partial charge in [0.25, 0.3) is 0 Å². The zero-order valence-corrected chi connectivity index (χ0v) is 14.2. The third-order valence-electron chi connectivity index (χ3n) is 4.16. The molecule has 2 heterocycles. The van der Waals surface area contributed by atoms with E-state index in [4.69, 9.17) is 0 Å². The van der Waals surface area contributed by atoms with Crippen LogP contribution < -0.4 is 0 Å². The van der Waals surface area contributed by atoms with E-state index in [0.717, 1.165) is 28.4 Å². The van der Waals surface area contributed by atoms with Crippen LogP contribution in [0.4, 0.5) is 8.78 Å². The fourth-order valence-electron chi connectivity index (χ4n) is 2.73. The Morgan fingerprint density at radius 1 is 1.16 bits per heavy atom. The van der Waals surface area contributed by atoms with Gasteiger partial charge in [-0.25, -0.2) is 4.98 Å². The van der Waals surface area contributed by atoms with Crippen molar-refractivity contribution in [2.75, 3.05) is 0 Å². The van der Waals surface area contributed by atoms with Gasteiger partial charge in [0.2, 0.25) is 0 Å². The number of alkyl halides is 2. The van der Waals surface area contributed by atoms with Crippen molar-refractivity contribution in [3.05, 3.63) is 59.9 Å². The standard InChI is InChI=1S/C17H17F2N5S/c18-16(19)23-9-8-20-14(23)11-25-17-22-21-15(13-6-7-13)24(17)10-12-4-2-1-3-5-12/h1-5,8-9,13,16H,6-7,10-11H2. The Morgan fingerprint density at radius 2 is 1.96 bits per heavy atom. The van der Waals surface area contributed by atoms with Crippen LogP contribution in [0.5, 0.6) is 0 Å². The highest BCUT2D eigenvalue weighted by Crippen LogP contribution is 2.40. The molecule has 0 radical (unpaired) electrons. The number of thioether (sulfide) groups is 1. The summed E-state index contributed by atoms with van der Waals surface area (Å²) in [5.41, 5.74) is 1.17. The number of hydrogen-bond donors (Lipinski definition) is 0. The van der Waals surface area contributed by atoms with Crippen molar-refractivity contribution in [3.8, 4) is 0 Å². The summed E-state index contributed by atoms with van der Waals surface area (Å²) in [5, 5.41) is 9.39. The Bertz CT molecular complexity index is 842. The quantitative estimate of drug-likeness (QED) is 0.595. The molecule has 0 aliphatic heterocycles. The molecule has 0 saturated heterocycles. The van der Waals surface area contributed by atoms with Gasteiger partial charge in [-0.2, -0.15) is 8.78 Å². The molecule has 1 fully saturated rings. The van der Waals surface area contributed by atoms with Crippen molar-refractivity contribution in [1.82, 2.24) is 24.3 Å². The van der Waals surface area contributed by atoms with E-state index in [1.807, 2.05) is 18.2 Å². The van der Waals surface area contributed by atoms with Crippen LogP contribution in [-0.4, -0.2) is 24.3 Å². The molecule has 0 atom stereocenters. The van der Waals surface area contributed by atoms with Crippen LogP contribution in [-0.2, 0) is 12.3 Å². The Kier molecular flexibility index (Phi) is 4.52. The Morgan fingerprint density at radius 3 is 2.68 bits per heavy atom. The van der Waals surface area contributed by atoms with Gasteiger partial charge in [-0.05, 0) is 18.4 Å². The minimum atomic E-state index is -2.58. The molecule has 0 spiro atoms. The van der Waals surface area contributed by atoms with Crippen molar-refractivity contribution in [1.29, 1.82) is 0 Å². The molecule has 5 nitrogen and oxygen atoms in total. The van der Waals surface area contributed by atoms with Gasteiger partial charge in [0, 0.05) is 18.3 Å². The maximum Gasteiger partial charge on any atom is 0.319 e. The number of rotatable bonds is 7. The van der Waals surface area contributed by atoms with Crippen LogP contribution in [0, 0.1) is 0 Å². The molecule has 8 heteroatoms. The lowest BCUT2D eigenvalue weighted by atomic mass is 10.2. The lowest BCUT2D eigenvalue weighted by molar-refractivity contribution is 0.0678. The van der Waals surface area contributed by atoms with Crippen molar-refractivity contribution in [2.45, 2.75) is 42.8 Å². The highest BCUT2D eigenvalue weighted by molar-refractivity contribution is 7.98. The van der Waals surface area contributed by atoms with Gasteiger partial charge in [0.15, 0.2) is 5.16 Å². The summed E-state index contributed by atoms with van der Waals surface area (Å²) in [5.74, 6) is 2.12. The molecule has 1 saturated carbocycles. The summed E-state index contributed by atoms with van der Waals surface area (Å²) in [4.78, 5) is 4.03. The number of benzene rings is 1. The summed E-state index contributed by atoms with van der Waals surface area (Å²) >= 11 is 1.39. The predicted octanol–water partition coefficient (Wildman–Crippen LogP) is 4.09. The normalized spacial score (nSPS) is 14.4. The van der Waals surface area contributed by atoms with E-state index in [1.165, 1.54) is 29.7 Å². The summed E-state index contributed by atoms with van der Waals surface area (Å²) in [7, 11) is 0. The number of nitrogens with zero attached hydrogens (tertiary/aromatic N) is 5. The van der Waals surface area contributed by atoms with Crippen molar-refractivity contribution >= 4 is 11.8 Å². The summed E-state index contributed by atoms with van der Waals surface area (Å²) in [6, 6.07) is 10.1. The second-order valence-electron chi connectivity index (χ2n) is 6.00. The first-order valence-corrected chi connectivity index (χ1v) is 9.10. The van der Waals surface area contributed by atoms with Gasteiger partial charge >= 0.3 is 6.55 Å². The summed E-state index contributed by atoms with van der Waals surface area (Å²) < 4.78 is 28.9. The Balaban J connectivity index is 1.56. The van der Waals surface area contributed by atoms with Crippen molar-refractivity contribution < 1.29 is 8.78 Å². The van der Waals surface area contributed by atoms with Gasteiger partial charge in [0.1, 0.15) is 11.6 Å². The monoisotopic (exact) mass is 361 g/mol. The zero-order valence-electron chi connectivity index (χ0n) is 13.4. The van der Waals surface area contributed by atoms with E-state index < -0.39 is 6.55 Å². The van der Waals surface area contributed by atoms with Crippen LogP contribution in [0.15, 0.2) is 47.9 Å². The number of halogens is 2. The first kappa shape index (κ1) is 16.3. The molecule has 1 aromatic carbocycles. The molecule has 1 aliphatic rings. The van der Waals surface area contributed by atoms with Crippen molar-refractivity contribution in [3.63, 3.8) is 0 Å². The average molecular weight is 361 g/mol. The third kappa shape index (κ3) is 3.58. The minimum Gasteiger partial charge on any atom is -0.301 e. The maximum absolute atomic E-state index is 13.0. The van der Waals surface area contributed by atoms with Crippen LogP contribution in [0.25, 0.3) is 0 Å². The Hall–Kier alpha value is -2.22. The van der Waals surface area contributed by atoms with E-state index in [0.29, 0.717) is 24.0 Å². The topological polar surface area (TPSA) is 48.5 Å². The molecule has 0 unspecified atom stereocenters. The molecular weight excluding hydrogens is 344 g/mol. The molecule has 0 bridgehead atoms. The largest absolute Gasteiger partial charge is 0.319 e. The van der Waals surface area contributed by atoms with Gasteiger partial charge in [-0.15, -0.1) is 10.2 Å². The van der Waals surface area contributed by atoms with Gasteiger partial charge < -0.3 is 4.57 Å². The smallest absolute Gasteiger partial charge is 0.301 e. The van der Waals surface area contributed by atoms with E-state index in [-0.39, 0.29) is 0 Å². The van der Waals surface area contributed by atoms with Gasteiger partial charge in [0.05, 0.1) is 12.3 Å². The molecule has 1 aliphatic carbocycles. The summed E-state index contributed by atoms with van der Waals surface area (Å²) in [6.07, 6.45) is 4.96. The molecule has 0 N–H and O–H groups in total. The lowest BCUT2D eigenvalue weighted by Gasteiger charge is -2.10. The van der Waals surface area contributed by atoms with E-state index in [9.17, 15) is 8.78 Å². The summed E-state index contributed by atoms with van der Waals surface area (Å²) in [6.45, 7) is -1.90. The second kappa shape index (κ2) is 6.95. The van der Waals surface area contributed by atoms with E-state index >= 15 is 0 Å². The number of hydrogen-bond acceptors (Lipinski definition) is 4. The minimum absolute atomic E-state index is 0.328. The van der Waals surface area contributed by atoms with Gasteiger partial charge in [-0.3, -0.25) is 4.57 Å². The van der Waals surface area contributed by atoms with Crippen LogP contribution in [0.3, 0.4) is 0 Å². The fraction of sp³-hybridized carbons (Fsp3) is 0.353. The molecule has 3 aromatic rings. The molecule has 25 heavy (non-hydrogen) atoms. The SMILES string of the molecule is FC(F)n1ccnc1CSc1nnc(C2CC2)n1Cc1ccccc1. The van der Waals surface area contributed by atoms with Crippen molar-refractivity contribution in [2.24, 2.45) is 0 Å². The number of aromatic nitrogens is 5. The molecule has 4 rings (SSSR count). The predicted molar refractivity (Wildman–Crippen MR) is 90.6 cm³/mol. The molecular formula is C17H17F2N5S. The van der Waals surface area contributed by atoms with Gasteiger partial charge in [-0.1, -0.05) is 42.1 Å². The maximum atomic E-state index is 13.0. The lowest BCUT2D eigenvalue weighted by Crippen LogP contribution is -2.07. The fourth-order valence-corrected chi connectivity index (χ4v) is 3.62. The molecule has 130 valence electrons. The first-order valence-electron chi connectivity index (χ1n) is 8.12. The highest BCUT2D eigenvalue weighted by atomic mass is 32.2. The van der Waals surface area contributed by atoms with E-state index in [2.05, 4.69) is 31.9 Å². The highest BCUT2D eigenvalue weighted by Gasteiger charge is 2.30. The third-order valence-corrected chi connectivity index (χ3v) is 5.12. The first-order chi connectivity index (χ1) is 12.2. The number of imidazole rings is 1. The van der Waals surface area contributed by atoms with E-state index in [1.54, 1.807) is 0 Å². The second-order valence-corrected chi connectivity index (χ2v) is 6.95. The molecule has 0 amide bonds. The average Bonchev–Trinajstić information content (AvgIpc) is 3.21. The van der Waals surface area contributed by atoms with Crippen LogP contribution in [0.1, 0.15) is 42.5 Å². The van der Waals surface area contributed by atoms with Crippen LogP contribution >= 0.6 is 11.8 Å².